The number of fused-ring (bicyclic) bond motifs is 4. The summed E-state index contributed by atoms with van der Waals surface area (Å²) in [5.74, 6) is 0.866. The lowest BCUT2D eigenvalue weighted by atomic mass is 9.90. The Kier molecular flexibility index (Phi) is 4.13. The minimum Gasteiger partial charge on any atom is -0.351 e. The molecule has 0 radical (unpaired) electrons. The lowest BCUT2D eigenvalue weighted by molar-refractivity contribution is -0.119. The van der Waals surface area contributed by atoms with Gasteiger partial charge in [0.25, 0.3) is 0 Å². The van der Waals surface area contributed by atoms with Gasteiger partial charge in [0.1, 0.15) is 11.4 Å². The molecule has 3 aliphatic heterocycles. The Morgan fingerprint density at radius 3 is 2.80 bits per heavy atom. The molecule has 1 amide bonds. The van der Waals surface area contributed by atoms with E-state index in [0.29, 0.717) is 11.7 Å². The largest absolute Gasteiger partial charge is 0.351 e. The predicted molar refractivity (Wildman–Crippen MR) is 122 cm³/mol. The highest BCUT2D eigenvalue weighted by Gasteiger charge is 2.65. The van der Waals surface area contributed by atoms with Crippen molar-refractivity contribution in [2.45, 2.75) is 36.5 Å². The maximum absolute atomic E-state index is 12.9. The van der Waals surface area contributed by atoms with Crippen LogP contribution in [0.2, 0.25) is 0 Å². The van der Waals surface area contributed by atoms with Crippen LogP contribution in [0.5, 0.6) is 0 Å². The molecule has 5 heteroatoms. The Morgan fingerprint density at radius 1 is 1.13 bits per heavy atom. The summed E-state index contributed by atoms with van der Waals surface area (Å²) in [5.41, 5.74) is 5.94. The van der Waals surface area contributed by atoms with Gasteiger partial charge in [-0.1, -0.05) is 60.7 Å². The lowest BCUT2D eigenvalue weighted by Gasteiger charge is -2.34. The van der Waals surface area contributed by atoms with E-state index in [4.69, 9.17) is 4.99 Å². The number of hydrogen-bond donors (Lipinski definition) is 1. The Morgan fingerprint density at radius 2 is 1.97 bits per heavy atom. The molecule has 0 spiro atoms. The average Bonchev–Trinajstić information content (AvgIpc) is 3.29. The zero-order valence-electron chi connectivity index (χ0n) is 16.7. The zero-order chi connectivity index (χ0) is 20.1. The van der Waals surface area contributed by atoms with E-state index in [0.717, 1.165) is 42.9 Å². The van der Waals surface area contributed by atoms with E-state index < -0.39 is 0 Å². The first-order chi connectivity index (χ1) is 14.8. The van der Waals surface area contributed by atoms with Crippen molar-refractivity contribution in [2.75, 3.05) is 6.54 Å². The number of carbonyl (C=O) groups excluding carboxylic acids is 1. The van der Waals surface area contributed by atoms with Crippen LogP contribution in [0, 0.1) is 0 Å². The first kappa shape index (κ1) is 18.0. The molecule has 1 fully saturated rings. The summed E-state index contributed by atoms with van der Waals surface area (Å²) in [7, 11) is 0. The minimum atomic E-state index is -0.205. The maximum atomic E-state index is 12.9. The van der Waals surface area contributed by atoms with Gasteiger partial charge in [0.2, 0.25) is 5.91 Å². The van der Waals surface area contributed by atoms with Crippen LogP contribution in [0.25, 0.3) is 5.70 Å². The molecule has 0 aromatic heterocycles. The van der Waals surface area contributed by atoms with Gasteiger partial charge in [-0.15, -0.1) is 11.8 Å². The van der Waals surface area contributed by atoms with E-state index in [-0.39, 0.29) is 11.4 Å². The van der Waals surface area contributed by atoms with Crippen molar-refractivity contribution in [3.63, 3.8) is 0 Å². The van der Waals surface area contributed by atoms with Crippen LogP contribution in [0.4, 0.5) is 0 Å². The summed E-state index contributed by atoms with van der Waals surface area (Å²) in [5, 5.41) is 5.81. The molecule has 6 rings (SSSR count). The molecule has 2 aromatic rings. The van der Waals surface area contributed by atoms with Crippen LogP contribution in [0.3, 0.4) is 0 Å². The number of allylic oxidation sites excluding steroid dienone is 2. The smallest absolute Gasteiger partial charge is 0.229 e. The zero-order valence-corrected chi connectivity index (χ0v) is 17.5. The van der Waals surface area contributed by atoms with E-state index in [2.05, 4.69) is 46.0 Å². The third-order valence-electron chi connectivity index (χ3n) is 6.57. The second-order valence-electron chi connectivity index (χ2n) is 8.37. The second-order valence-corrected chi connectivity index (χ2v) is 9.48. The van der Waals surface area contributed by atoms with Gasteiger partial charge in [0.05, 0.1) is 24.4 Å². The molecule has 0 saturated carbocycles. The van der Waals surface area contributed by atoms with Crippen molar-refractivity contribution in [2.24, 2.45) is 4.99 Å². The highest BCUT2D eigenvalue weighted by molar-refractivity contribution is 8.03. The quantitative estimate of drug-likeness (QED) is 0.769. The third-order valence-corrected chi connectivity index (χ3v) is 7.83. The molecule has 3 heterocycles. The second kappa shape index (κ2) is 6.88. The van der Waals surface area contributed by atoms with E-state index >= 15 is 0 Å². The van der Waals surface area contributed by atoms with Crippen LogP contribution < -0.4 is 5.32 Å². The van der Waals surface area contributed by atoms with Crippen molar-refractivity contribution in [1.82, 2.24) is 10.2 Å². The number of thioether (sulfide) groups is 1. The normalized spacial score (nSPS) is 25.9. The van der Waals surface area contributed by atoms with Gasteiger partial charge in [-0.3, -0.25) is 4.79 Å². The topological polar surface area (TPSA) is 44.5 Å². The molecule has 1 aliphatic carbocycles. The number of amidine groups is 1. The number of aryl methyl sites for hydroxylation is 1. The third kappa shape index (κ3) is 2.76. The van der Waals surface area contributed by atoms with E-state index in [1.165, 1.54) is 16.8 Å². The molecular weight excluding hydrogens is 390 g/mol. The maximum Gasteiger partial charge on any atom is 0.229 e. The van der Waals surface area contributed by atoms with Gasteiger partial charge in [0.15, 0.2) is 0 Å². The number of nitrogens with zero attached hydrogens (tertiary/aromatic N) is 2. The first-order valence-electron chi connectivity index (χ1n) is 10.6. The molecule has 1 N–H and O–H groups in total. The highest BCUT2D eigenvalue weighted by Crippen LogP contribution is 2.55. The van der Waals surface area contributed by atoms with Crippen molar-refractivity contribution in [3.8, 4) is 0 Å². The van der Waals surface area contributed by atoms with Gasteiger partial charge in [-0.2, -0.15) is 0 Å². The Balaban J connectivity index is 1.36. The predicted octanol–water partition coefficient (Wildman–Crippen LogP) is 4.15. The van der Waals surface area contributed by atoms with Gasteiger partial charge >= 0.3 is 0 Å². The first-order valence-corrected chi connectivity index (χ1v) is 11.5. The number of nitrogens with one attached hydrogen (secondary N) is 1. The molecule has 0 bridgehead atoms. The number of benzene rings is 2. The SMILES string of the molecule is O=C(Cc1ccccc1)NC1=NC2=C(c3ccccc3CC2)N2CC12C1CC=CS1. The Bertz CT molecular complexity index is 1110. The van der Waals surface area contributed by atoms with Crippen LogP contribution >= 0.6 is 11.8 Å². The number of aliphatic imine (C=N–C) groups is 1. The summed E-state index contributed by atoms with van der Waals surface area (Å²) in [6.45, 7) is 0.921. The van der Waals surface area contributed by atoms with Crippen LogP contribution in [-0.4, -0.2) is 34.0 Å². The summed E-state index contributed by atoms with van der Waals surface area (Å²) >= 11 is 1.87. The van der Waals surface area contributed by atoms with Crippen molar-refractivity contribution in [3.05, 3.63) is 88.5 Å². The fourth-order valence-corrected chi connectivity index (χ4v) is 6.21. The fraction of sp³-hybridized carbons (Fsp3) is 0.280. The summed E-state index contributed by atoms with van der Waals surface area (Å²) < 4.78 is 0. The standard InChI is InChI=1S/C25H23N3OS/c29-22(15-17-7-2-1-3-8-17)27-24-25(21-11-6-14-30-21)16-28(25)23-19-10-5-4-9-18(19)12-13-20(23)26-24/h1-10,14,21H,11-13,15-16H2,(H,26,27,29). The van der Waals surface area contributed by atoms with Gasteiger partial charge < -0.3 is 10.2 Å². The average molecular weight is 414 g/mol. The molecular formula is C25H23N3OS. The molecule has 1 saturated heterocycles. The van der Waals surface area contributed by atoms with Crippen molar-refractivity contribution >= 4 is 29.2 Å². The molecule has 2 aromatic carbocycles. The fourth-order valence-electron chi connectivity index (χ4n) is 5.04. The Labute approximate surface area is 180 Å². The van der Waals surface area contributed by atoms with Gasteiger partial charge in [-0.05, 0) is 35.8 Å². The number of carbonyl (C=O) groups is 1. The highest BCUT2D eigenvalue weighted by atomic mass is 32.2. The number of rotatable bonds is 3. The van der Waals surface area contributed by atoms with Gasteiger partial charge in [-0.25, -0.2) is 4.99 Å². The van der Waals surface area contributed by atoms with E-state index in [1.54, 1.807) is 0 Å². The lowest BCUT2D eigenvalue weighted by Crippen LogP contribution is -2.50. The minimum absolute atomic E-state index is 0.0161. The number of hydrogen-bond acceptors (Lipinski definition) is 4. The molecule has 4 aliphatic rings. The number of amides is 1. The molecule has 150 valence electrons. The summed E-state index contributed by atoms with van der Waals surface area (Å²) in [6.07, 6.45) is 5.56. The summed E-state index contributed by atoms with van der Waals surface area (Å²) in [4.78, 5) is 20.5. The monoisotopic (exact) mass is 413 g/mol. The molecule has 4 nitrogen and oxygen atoms in total. The van der Waals surface area contributed by atoms with Crippen LogP contribution in [-0.2, 0) is 17.6 Å². The van der Waals surface area contributed by atoms with Crippen LogP contribution in [0.15, 0.2) is 76.8 Å². The Hall–Kier alpha value is -2.79. The van der Waals surface area contributed by atoms with E-state index in [1.807, 2.05) is 42.1 Å². The van der Waals surface area contributed by atoms with Crippen molar-refractivity contribution < 1.29 is 4.79 Å². The van der Waals surface area contributed by atoms with Gasteiger partial charge in [0, 0.05) is 10.8 Å². The van der Waals surface area contributed by atoms with Crippen molar-refractivity contribution in [1.29, 1.82) is 0 Å². The van der Waals surface area contributed by atoms with Crippen LogP contribution in [0.1, 0.15) is 29.5 Å². The summed E-state index contributed by atoms with van der Waals surface area (Å²) in [6, 6.07) is 18.6. The molecule has 2 atom stereocenters. The molecule has 2 unspecified atom stereocenters. The molecule has 30 heavy (non-hydrogen) atoms. The van der Waals surface area contributed by atoms with E-state index in [9.17, 15) is 4.79 Å².